The predicted molar refractivity (Wildman–Crippen MR) is 77.1 cm³/mol. The first kappa shape index (κ1) is 15.6. The molecule has 0 unspecified atom stereocenters. The topological polar surface area (TPSA) is 61.4 Å². The number of nitrogens with one attached hydrogen (secondary N) is 2. The average molecular weight is 274 g/mol. The second kappa shape index (κ2) is 8.64. The summed E-state index contributed by atoms with van der Waals surface area (Å²) in [5.74, 6) is 1.14. The van der Waals surface area contributed by atoms with E-state index in [4.69, 9.17) is 0 Å². The van der Waals surface area contributed by atoms with Crippen molar-refractivity contribution in [3.05, 3.63) is 0 Å². The molecule has 0 aromatic rings. The Morgan fingerprint density at radius 1 is 1.22 bits per heavy atom. The molecule has 18 heavy (non-hydrogen) atoms. The molecular formula is C13H26N2O2S. The standard InChI is InChI=1S/C13H26N2O2S/c1-18-10-6-5-9-14-12(16)15-11-13(17)7-3-2-4-8-13/h17H,2-11H2,1H3,(H2,14,15,16). The zero-order chi connectivity index (χ0) is 13.3. The minimum Gasteiger partial charge on any atom is -0.388 e. The highest BCUT2D eigenvalue weighted by atomic mass is 32.2. The zero-order valence-electron chi connectivity index (χ0n) is 11.3. The molecule has 1 fully saturated rings. The van der Waals surface area contributed by atoms with Crippen molar-refractivity contribution in [2.75, 3.05) is 25.1 Å². The Morgan fingerprint density at radius 3 is 2.61 bits per heavy atom. The minimum atomic E-state index is -0.672. The summed E-state index contributed by atoms with van der Waals surface area (Å²) >= 11 is 1.83. The van der Waals surface area contributed by atoms with Gasteiger partial charge >= 0.3 is 6.03 Å². The Balaban J connectivity index is 2.05. The van der Waals surface area contributed by atoms with Crippen molar-refractivity contribution in [3.63, 3.8) is 0 Å². The van der Waals surface area contributed by atoms with Crippen molar-refractivity contribution < 1.29 is 9.90 Å². The molecule has 1 aliphatic carbocycles. The van der Waals surface area contributed by atoms with Gasteiger partial charge in [-0.25, -0.2) is 4.79 Å². The Labute approximate surface area is 114 Å². The molecule has 0 bridgehead atoms. The van der Waals surface area contributed by atoms with E-state index < -0.39 is 5.60 Å². The normalized spacial score (nSPS) is 18.3. The molecular weight excluding hydrogens is 248 g/mol. The number of rotatable bonds is 7. The summed E-state index contributed by atoms with van der Waals surface area (Å²) in [5, 5.41) is 15.8. The highest BCUT2D eigenvalue weighted by Crippen LogP contribution is 2.27. The van der Waals surface area contributed by atoms with Crippen LogP contribution in [0.15, 0.2) is 0 Å². The molecule has 4 nitrogen and oxygen atoms in total. The number of urea groups is 1. The van der Waals surface area contributed by atoms with Crippen LogP contribution in [0.3, 0.4) is 0 Å². The molecule has 0 aromatic carbocycles. The van der Waals surface area contributed by atoms with Gasteiger partial charge in [0.2, 0.25) is 0 Å². The first-order valence-electron chi connectivity index (χ1n) is 6.89. The van der Waals surface area contributed by atoms with E-state index in [2.05, 4.69) is 16.9 Å². The second-order valence-corrected chi connectivity index (χ2v) is 6.08. The van der Waals surface area contributed by atoms with E-state index in [1.165, 1.54) is 6.42 Å². The summed E-state index contributed by atoms with van der Waals surface area (Å²) < 4.78 is 0. The molecule has 5 heteroatoms. The van der Waals surface area contributed by atoms with Crippen LogP contribution in [0.4, 0.5) is 4.79 Å². The van der Waals surface area contributed by atoms with Crippen LogP contribution in [0, 0.1) is 0 Å². The summed E-state index contributed by atoms with van der Waals surface area (Å²) in [5.41, 5.74) is -0.672. The first-order chi connectivity index (χ1) is 8.66. The molecule has 1 rings (SSSR count). The van der Waals surface area contributed by atoms with Gasteiger partial charge in [-0.2, -0.15) is 11.8 Å². The van der Waals surface area contributed by atoms with Gasteiger partial charge in [-0.15, -0.1) is 0 Å². The van der Waals surface area contributed by atoms with E-state index in [9.17, 15) is 9.90 Å². The van der Waals surface area contributed by atoms with Gasteiger partial charge in [0.25, 0.3) is 0 Å². The van der Waals surface area contributed by atoms with Gasteiger partial charge in [-0.05, 0) is 37.7 Å². The second-order valence-electron chi connectivity index (χ2n) is 5.09. The van der Waals surface area contributed by atoms with Crippen LogP contribution in [0.2, 0.25) is 0 Å². The van der Waals surface area contributed by atoms with Crippen LogP contribution in [-0.4, -0.2) is 41.8 Å². The van der Waals surface area contributed by atoms with Gasteiger partial charge < -0.3 is 15.7 Å². The SMILES string of the molecule is CSCCCCNC(=O)NCC1(O)CCCCC1. The Morgan fingerprint density at radius 2 is 1.94 bits per heavy atom. The molecule has 0 aromatic heterocycles. The largest absolute Gasteiger partial charge is 0.388 e. The zero-order valence-corrected chi connectivity index (χ0v) is 12.2. The fourth-order valence-corrected chi connectivity index (χ4v) is 2.76. The van der Waals surface area contributed by atoms with Crippen molar-refractivity contribution in [1.29, 1.82) is 0 Å². The van der Waals surface area contributed by atoms with Crippen LogP contribution in [0.1, 0.15) is 44.9 Å². The molecule has 1 aliphatic rings. The third kappa shape index (κ3) is 6.50. The third-order valence-corrected chi connectivity index (χ3v) is 4.12. The molecule has 106 valence electrons. The molecule has 0 atom stereocenters. The first-order valence-corrected chi connectivity index (χ1v) is 8.29. The highest BCUT2D eigenvalue weighted by molar-refractivity contribution is 7.98. The van der Waals surface area contributed by atoms with E-state index in [-0.39, 0.29) is 6.03 Å². The fraction of sp³-hybridized carbons (Fsp3) is 0.923. The number of thioether (sulfide) groups is 1. The summed E-state index contributed by atoms with van der Waals surface area (Å²) in [6.45, 7) is 1.09. The van der Waals surface area contributed by atoms with Crippen LogP contribution in [0.5, 0.6) is 0 Å². The van der Waals surface area contributed by atoms with E-state index in [1.54, 1.807) is 0 Å². The third-order valence-electron chi connectivity index (χ3n) is 3.42. The maximum atomic E-state index is 11.5. The molecule has 1 saturated carbocycles. The lowest BCUT2D eigenvalue weighted by Gasteiger charge is -2.32. The van der Waals surface area contributed by atoms with Crippen molar-refractivity contribution in [3.8, 4) is 0 Å². The molecule has 0 radical (unpaired) electrons. The fourth-order valence-electron chi connectivity index (χ4n) is 2.27. The number of amides is 2. The quantitative estimate of drug-likeness (QED) is 0.623. The smallest absolute Gasteiger partial charge is 0.314 e. The maximum Gasteiger partial charge on any atom is 0.314 e. The highest BCUT2D eigenvalue weighted by Gasteiger charge is 2.29. The van der Waals surface area contributed by atoms with Gasteiger partial charge in [0, 0.05) is 13.1 Å². The number of unbranched alkanes of at least 4 members (excludes halogenated alkanes) is 1. The van der Waals surface area contributed by atoms with Crippen LogP contribution in [-0.2, 0) is 0 Å². The van der Waals surface area contributed by atoms with Crippen molar-refractivity contribution in [2.24, 2.45) is 0 Å². The van der Waals surface area contributed by atoms with Crippen molar-refractivity contribution >= 4 is 17.8 Å². The van der Waals surface area contributed by atoms with Gasteiger partial charge in [-0.3, -0.25) is 0 Å². The summed E-state index contributed by atoms with van der Waals surface area (Å²) in [7, 11) is 0. The number of carbonyl (C=O) groups excluding carboxylic acids is 1. The van der Waals surface area contributed by atoms with Crippen molar-refractivity contribution in [1.82, 2.24) is 10.6 Å². The number of aliphatic hydroxyl groups is 1. The van der Waals surface area contributed by atoms with Gasteiger partial charge in [0.05, 0.1) is 5.60 Å². The Kier molecular flexibility index (Phi) is 7.51. The van der Waals surface area contributed by atoms with E-state index in [1.807, 2.05) is 11.8 Å². The van der Waals surface area contributed by atoms with Gasteiger partial charge in [0.15, 0.2) is 0 Å². The maximum absolute atomic E-state index is 11.5. The van der Waals surface area contributed by atoms with E-state index in [0.29, 0.717) is 13.1 Å². The molecule has 0 aliphatic heterocycles. The Hall–Kier alpha value is -0.420. The van der Waals surface area contributed by atoms with Crippen LogP contribution >= 0.6 is 11.8 Å². The van der Waals surface area contributed by atoms with E-state index in [0.717, 1.165) is 44.3 Å². The lowest BCUT2D eigenvalue weighted by molar-refractivity contribution is 0.00720. The van der Waals surface area contributed by atoms with Crippen LogP contribution in [0.25, 0.3) is 0 Å². The van der Waals surface area contributed by atoms with Crippen molar-refractivity contribution in [2.45, 2.75) is 50.5 Å². The predicted octanol–water partition coefficient (Wildman–Crippen LogP) is 2.12. The monoisotopic (exact) mass is 274 g/mol. The Bertz CT molecular complexity index is 243. The summed E-state index contributed by atoms with van der Waals surface area (Å²) in [6.07, 6.45) is 9.17. The minimum absolute atomic E-state index is 0.154. The number of carbonyl (C=O) groups is 1. The number of hydrogen-bond donors (Lipinski definition) is 3. The molecule has 0 saturated heterocycles. The van der Waals surface area contributed by atoms with E-state index >= 15 is 0 Å². The molecule has 3 N–H and O–H groups in total. The summed E-state index contributed by atoms with van der Waals surface area (Å²) in [4.78, 5) is 11.5. The average Bonchev–Trinajstić information content (AvgIpc) is 2.37. The molecule has 0 heterocycles. The van der Waals surface area contributed by atoms with Gasteiger partial charge in [0.1, 0.15) is 0 Å². The molecule has 2 amide bonds. The number of hydrogen-bond acceptors (Lipinski definition) is 3. The van der Waals surface area contributed by atoms with Gasteiger partial charge in [-0.1, -0.05) is 19.3 Å². The summed E-state index contributed by atoms with van der Waals surface area (Å²) in [6, 6.07) is -0.154. The molecule has 0 spiro atoms. The van der Waals surface area contributed by atoms with Crippen LogP contribution < -0.4 is 10.6 Å². The lowest BCUT2D eigenvalue weighted by atomic mass is 9.85. The lowest BCUT2D eigenvalue weighted by Crippen LogP contribution is -2.47.